The van der Waals surface area contributed by atoms with E-state index in [2.05, 4.69) is 5.73 Å². The highest BCUT2D eigenvalue weighted by Crippen LogP contribution is 2.45. The van der Waals surface area contributed by atoms with E-state index in [0.29, 0.717) is 0 Å². The summed E-state index contributed by atoms with van der Waals surface area (Å²) in [6.45, 7) is 0. The second-order valence-electron chi connectivity index (χ2n) is 2.22. The minimum Gasteiger partial charge on any atom is -0.361 e. The van der Waals surface area contributed by atoms with Crippen LogP contribution in [0.5, 0.6) is 0 Å². The Hall–Kier alpha value is 0.0600. The first-order valence-electron chi connectivity index (χ1n) is 3.10. The number of halogens is 5. The molecule has 0 radical (unpaired) electrons. The molecule has 0 spiro atoms. The van der Waals surface area contributed by atoms with Crippen LogP contribution in [0.4, 0.5) is 0 Å². The minimum atomic E-state index is -2.53. The first kappa shape index (κ1) is 15.1. The third kappa shape index (κ3) is 3.85. The van der Waals surface area contributed by atoms with Gasteiger partial charge < -0.3 is 5.73 Å². The van der Waals surface area contributed by atoms with Crippen molar-refractivity contribution in [1.82, 2.24) is 5.32 Å². The van der Waals surface area contributed by atoms with Crippen LogP contribution >= 0.6 is 58.0 Å². The van der Waals surface area contributed by atoms with Crippen molar-refractivity contribution >= 4 is 75.7 Å². The van der Waals surface area contributed by atoms with Crippen molar-refractivity contribution in [3.05, 3.63) is 0 Å². The van der Waals surface area contributed by atoms with Gasteiger partial charge in [0.25, 0.3) is 5.91 Å². The van der Waals surface area contributed by atoms with Crippen LogP contribution in [-0.2, 0) is 14.4 Å². The highest BCUT2D eigenvalue weighted by atomic mass is 35.6. The van der Waals surface area contributed by atoms with Crippen molar-refractivity contribution in [2.45, 2.75) is 8.13 Å². The molecule has 0 rings (SSSR count). The predicted molar refractivity (Wildman–Crippen MR) is 57.1 cm³/mol. The third-order valence-corrected chi connectivity index (χ3v) is 3.43. The maximum Gasteiger partial charge on any atom is 0.315 e. The van der Waals surface area contributed by atoms with E-state index >= 15 is 0 Å². The number of primary amides is 1. The molecule has 0 aliphatic rings. The number of nitrogens with one attached hydrogen (secondary N) is 1. The molecule has 15 heavy (non-hydrogen) atoms. The summed E-state index contributed by atoms with van der Waals surface area (Å²) in [5.41, 5.74) is 4.55. The Morgan fingerprint density at radius 3 is 1.67 bits per heavy atom. The van der Waals surface area contributed by atoms with Gasteiger partial charge in [0, 0.05) is 0 Å². The molecule has 0 aliphatic heterocycles. The van der Waals surface area contributed by atoms with Gasteiger partial charge in [-0.05, 0) is 0 Å². The normalized spacial score (nSPS) is 12.1. The lowest BCUT2D eigenvalue weighted by Gasteiger charge is -2.25. The van der Waals surface area contributed by atoms with E-state index < -0.39 is 25.8 Å². The standard InChI is InChI=1S/C5H3Cl5N2O3/c6-4(7,5(8,9)10)3(15)12-2(14)1(11)13/h(H2,11,13)(H,12,14,15). The van der Waals surface area contributed by atoms with E-state index in [4.69, 9.17) is 58.0 Å². The number of carbonyl (C=O) groups excluding carboxylic acids is 3. The fourth-order valence-electron chi connectivity index (χ4n) is 0.372. The number of amides is 3. The number of imide groups is 1. The SMILES string of the molecule is NC(=O)C(=O)NC(=O)C(Cl)(Cl)C(Cl)(Cl)Cl. The van der Waals surface area contributed by atoms with Crippen molar-refractivity contribution in [3.63, 3.8) is 0 Å². The largest absolute Gasteiger partial charge is 0.361 e. The quantitative estimate of drug-likeness (QED) is 0.550. The van der Waals surface area contributed by atoms with E-state index in [1.54, 1.807) is 0 Å². The zero-order valence-corrected chi connectivity index (χ0v) is 10.5. The molecule has 0 unspecified atom stereocenters. The lowest BCUT2D eigenvalue weighted by Crippen LogP contribution is -2.51. The van der Waals surface area contributed by atoms with Crippen molar-refractivity contribution in [1.29, 1.82) is 0 Å². The van der Waals surface area contributed by atoms with Crippen LogP contribution in [0.2, 0.25) is 0 Å². The molecule has 0 aromatic rings. The van der Waals surface area contributed by atoms with Gasteiger partial charge in [0.1, 0.15) is 0 Å². The second-order valence-corrected chi connectivity index (χ2v) is 5.83. The zero-order valence-electron chi connectivity index (χ0n) is 6.69. The van der Waals surface area contributed by atoms with Crippen LogP contribution in [0.1, 0.15) is 0 Å². The van der Waals surface area contributed by atoms with Gasteiger partial charge in [0.05, 0.1) is 0 Å². The molecule has 10 heteroatoms. The van der Waals surface area contributed by atoms with E-state index in [1.165, 1.54) is 5.32 Å². The summed E-state index contributed by atoms with van der Waals surface area (Å²) in [7, 11) is 0. The molecule has 86 valence electrons. The number of rotatable bonds is 1. The molecule has 0 saturated carbocycles. The lowest BCUT2D eigenvalue weighted by molar-refractivity contribution is -0.140. The highest BCUT2D eigenvalue weighted by molar-refractivity contribution is 6.79. The molecule has 0 heterocycles. The number of carbonyl (C=O) groups is 3. The summed E-state index contributed by atoms with van der Waals surface area (Å²) in [6, 6.07) is 0. The van der Waals surface area contributed by atoms with Crippen LogP contribution in [0.15, 0.2) is 0 Å². The number of hydrogen-bond acceptors (Lipinski definition) is 3. The summed E-state index contributed by atoms with van der Waals surface area (Å²) in [5, 5.41) is 1.46. The molecule has 3 N–H and O–H groups in total. The van der Waals surface area contributed by atoms with Crippen molar-refractivity contribution < 1.29 is 14.4 Å². The molecule has 3 amide bonds. The Kier molecular flexibility index (Phi) is 4.95. The smallest absolute Gasteiger partial charge is 0.315 e. The average Bonchev–Trinajstić information content (AvgIpc) is 2.01. The molecule has 0 atom stereocenters. The van der Waals surface area contributed by atoms with Gasteiger partial charge in [-0.1, -0.05) is 58.0 Å². The minimum absolute atomic E-state index is 1.37. The summed E-state index contributed by atoms with van der Waals surface area (Å²) < 4.78 is -4.90. The fourth-order valence-corrected chi connectivity index (χ4v) is 0.724. The molecular formula is C5H3Cl5N2O3. The van der Waals surface area contributed by atoms with Crippen LogP contribution < -0.4 is 11.1 Å². The first-order chi connectivity index (χ1) is 6.50. The molecule has 0 aromatic heterocycles. The van der Waals surface area contributed by atoms with Crippen molar-refractivity contribution in [2.75, 3.05) is 0 Å². The van der Waals surface area contributed by atoms with E-state index in [-0.39, 0.29) is 0 Å². The molecule has 0 aromatic carbocycles. The highest BCUT2D eigenvalue weighted by Gasteiger charge is 2.52. The van der Waals surface area contributed by atoms with Crippen molar-refractivity contribution in [2.24, 2.45) is 5.73 Å². The zero-order chi connectivity index (χ0) is 12.4. The molecule has 0 fully saturated rings. The van der Waals surface area contributed by atoms with Gasteiger partial charge in [-0.25, -0.2) is 0 Å². The third-order valence-electron chi connectivity index (χ3n) is 1.09. The van der Waals surface area contributed by atoms with Crippen LogP contribution in [0, 0.1) is 0 Å². The van der Waals surface area contributed by atoms with Crippen LogP contribution in [0.25, 0.3) is 0 Å². The summed E-state index contributed by atoms with van der Waals surface area (Å²) in [6.07, 6.45) is 0. The van der Waals surface area contributed by atoms with E-state index in [0.717, 1.165) is 0 Å². The Morgan fingerprint density at radius 2 is 1.40 bits per heavy atom. The Morgan fingerprint density at radius 1 is 1.00 bits per heavy atom. The number of nitrogens with two attached hydrogens (primary N) is 1. The maximum atomic E-state index is 11.2. The average molecular weight is 316 g/mol. The van der Waals surface area contributed by atoms with E-state index in [9.17, 15) is 14.4 Å². The maximum absolute atomic E-state index is 11.2. The Labute approximate surface area is 109 Å². The Balaban J connectivity index is 4.74. The predicted octanol–water partition coefficient (Wildman–Crippen LogP) is 0.659. The number of hydrogen-bond donors (Lipinski definition) is 2. The molecular weight excluding hydrogens is 313 g/mol. The van der Waals surface area contributed by atoms with Gasteiger partial charge in [-0.2, -0.15) is 0 Å². The number of alkyl halides is 5. The van der Waals surface area contributed by atoms with Crippen LogP contribution in [0.3, 0.4) is 0 Å². The van der Waals surface area contributed by atoms with Gasteiger partial charge >= 0.3 is 11.8 Å². The first-order valence-corrected chi connectivity index (χ1v) is 4.99. The summed E-state index contributed by atoms with van der Waals surface area (Å²) >= 11 is 26.5. The van der Waals surface area contributed by atoms with Crippen LogP contribution in [-0.4, -0.2) is 25.8 Å². The molecule has 5 nitrogen and oxygen atoms in total. The summed E-state index contributed by atoms with van der Waals surface area (Å²) in [4.78, 5) is 32.1. The second kappa shape index (κ2) is 4.93. The van der Waals surface area contributed by atoms with Gasteiger partial charge in [-0.15, -0.1) is 0 Å². The summed E-state index contributed by atoms with van der Waals surface area (Å²) in [5.74, 6) is -4.19. The van der Waals surface area contributed by atoms with Gasteiger partial charge in [0.15, 0.2) is 0 Å². The fraction of sp³-hybridized carbons (Fsp3) is 0.400. The molecule has 0 aliphatic carbocycles. The van der Waals surface area contributed by atoms with Crippen molar-refractivity contribution in [3.8, 4) is 0 Å². The lowest BCUT2D eigenvalue weighted by atomic mass is 10.4. The Bertz CT molecular complexity index is 310. The topological polar surface area (TPSA) is 89.3 Å². The molecule has 0 bridgehead atoms. The van der Waals surface area contributed by atoms with E-state index in [1.807, 2.05) is 0 Å². The monoisotopic (exact) mass is 314 g/mol. The van der Waals surface area contributed by atoms with Gasteiger partial charge in [-0.3, -0.25) is 19.7 Å². The van der Waals surface area contributed by atoms with Gasteiger partial charge in [0.2, 0.25) is 8.13 Å². The molecule has 0 saturated heterocycles.